The van der Waals surface area contributed by atoms with Crippen LogP contribution in [0.2, 0.25) is 0 Å². The number of carbonyl (C=O) groups excluding carboxylic acids is 3. The molecule has 0 spiro atoms. The van der Waals surface area contributed by atoms with Crippen molar-refractivity contribution >= 4 is 17.5 Å². The van der Waals surface area contributed by atoms with E-state index in [-0.39, 0.29) is 23.6 Å². The third-order valence-corrected chi connectivity index (χ3v) is 3.67. The zero-order valence-electron chi connectivity index (χ0n) is 12.0. The normalized spacial score (nSPS) is 16.8. The van der Waals surface area contributed by atoms with Crippen LogP contribution in [-0.4, -0.2) is 23.5 Å². The Hall–Kier alpha value is -2.86. The summed E-state index contributed by atoms with van der Waals surface area (Å²) in [7, 11) is 0. The van der Waals surface area contributed by atoms with Gasteiger partial charge in [0.05, 0.1) is 6.04 Å². The third-order valence-electron chi connectivity index (χ3n) is 3.67. The van der Waals surface area contributed by atoms with Crippen LogP contribution < -0.4 is 10.9 Å². The molecule has 3 rings (SSSR count). The minimum absolute atomic E-state index is 0.0282. The van der Waals surface area contributed by atoms with Gasteiger partial charge in [0.15, 0.2) is 11.6 Å². The van der Waals surface area contributed by atoms with Crippen LogP contribution in [0.4, 0.5) is 4.39 Å². The SMILES string of the molecule is O=C(NNC1CC(=O)c2ccccc2C1=O)c1ccc(F)cc1. The molecule has 0 aromatic heterocycles. The lowest BCUT2D eigenvalue weighted by Crippen LogP contribution is -2.50. The van der Waals surface area contributed by atoms with Crippen LogP contribution in [0.15, 0.2) is 48.5 Å². The first-order valence-electron chi connectivity index (χ1n) is 7.04. The number of carbonyl (C=O) groups is 3. The van der Waals surface area contributed by atoms with Crippen molar-refractivity contribution in [2.45, 2.75) is 12.5 Å². The van der Waals surface area contributed by atoms with E-state index < -0.39 is 17.8 Å². The second-order valence-corrected chi connectivity index (χ2v) is 5.20. The Morgan fingerprint density at radius 3 is 2.35 bits per heavy atom. The number of nitrogens with one attached hydrogen (secondary N) is 2. The van der Waals surface area contributed by atoms with Gasteiger partial charge >= 0.3 is 0 Å². The summed E-state index contributed by atoms with van der Waals surface area (Å²) in [4.78, 5) is 36.3. The van der Waals surface area contributed by atoms with E-state index in [1.165, 1.54) is 24.3 Å². The summed E-state index contributed by atoms with van der Waals surface area (Å²) in [6.07, 6.45) is -0.0282. The summed E-state index contributed by atoms with van der Waals surface area (Å²) < 4.78 is 12.8. The van der Waals surface area contributed by atoms with E-state index in [1.807, 2.05) is 0 Å². The van der Waals surface area contributed by atoms with Gasteiger partial charge in [0.2, 0.25) is 0 Å². The van der Waals surface area contributed by atoms with Gasteiger partial charge in [-0.3, -0.25) is 19.8 Å². The number of hydrogen-bond acceptors (Lipinski definition) is 4. The van der Waals surface area contributed by atoms with Crippen molar-refractivity contribution in [3.05, 3.63) is 71.0 Å². The highest BCUT2D eigenvalue weighted by Gasteiger charge is 2.32. The summed E-state index contributed by atoms with van der Waals surface area (Å²) in [6.45, 7) is 0. The Bertz CT molecular complexity index is 787. The average Bonchev–Trinajstić information content (AvgIpc) is 2.57. The summed E-state index contributed by atoms with van der Waals surface area (Å²) in [5.41, 5.74) is 5.97. The zero-order chi connectivity index (χ0) is 16.4. The maximum atomic E-state index is 12.8. The molecule has 2 aromatic rings. The van der Waals surface area contributed by atoms with E-state index in [1.54, 1.807) is 24.3 Å². The van der Waals surface area contributed by atoms with Gasteiger partial charge in [-0.15, -0.1) is 0 Å². The second-order valence-electron chi connectivity index (χ2n) is 5.20. The van der Waals surface area contributed by atoms with Gasteiger partial charge in [-0.1, -0.05) is 24.3 Å². The maximum absolute atomic E-state index is 12.8. The molecule has 0 saturated heterocycles. The number of fused-ring (bicyclic) bond motifs is 1. The van der Waals surface area contributed by atoms with Crippen LogP contribution in [-0.2, 0) is 0 Å². The van der Waals surface area contributed by atoms with Crippen molar-refractivity contribution in [2.24, 2.45) is 0 Å². The monoisotopic (exact) mass is 312 g/mol. The number of halogens is 1. The van der Waals surface area contributed by atoms with E-state index in [0.717, 1.165) is 0 Å². The second kappa shape index (κ2) is 6.10. The van der Waals surface area contributed by atoms with Crippen molar-refractivity contribution in [2.75, 3.05) is 0 Å². The lowest BCUT2D eigenvalue weighted by atomic mass is 9.86. The molecule has 1 unspecified atom stereocenters. The maximum Gasteiger partial charge on any atom is 0.265 e. The highest BCUT2D eigenvalue weighted by atomic mass is 19.1. The molecule has 2 aromatic carbocycles. The molecular weight excluding hydrogens is 299 g/mol. The predicted octanol–water partition coefficient (Wildman–Crippen LogP) is 1.90. The van der Waals surface area contributed by atoms with Crippen molar-refractivity contribution in [1.82, 2.24) is 10.9 Å². The molecule has 1 amide bonds. The topological polar surface area (TPSA) is 75.3 Å². The van der Waals surface area contributed by atoms with Crippen LogP contribution in [0.3, 0.4) is 0 Å². The fourth-order valence-electron chi connectivity index (χ4n) is 2.46. The third kappa shape index (κ3) is 3.02. The highest BCUT2D eigenvalue weighted by Crippen LogP contribution is 2.21. The molecule has 0 radical (unpaired) electrons. The van der Waals surface area contributed by atoms with Gasteiger partial charge in [-0.05, 0) is 24.3 Å². The number of hydrogen-bond donors (Lipinski definition) is 2. The predicted molar refractivity (Wildman–Crippen MR) is 80.5 cm³/mol. The average molecular weight is 312 g/mol. The van der Waals surface area contributed by atoms with E-state index in [9.17, 15) is 18.8 Å². The molecule has 5 nitrogen and oxygen atoms in total. The summed E-state index contributed by atoms with van der Waals surface area (Å²) >= 11 is 0. The molecule has 1 aliphatic carbocycles. The van der Waals surface area contributed by atoms with E-state index >= 15 is 0 Å². The lowest BCUT2D eigenvalue weighted by molar-refractivity contribution is 0.0814. The number of ketones is 2. The molecule has 0 heterocycles. The van der Waals surface area contributed by atoms with Gasteiger partial charge in [-0.25, -0.2) is 9.82 Å². The number of hydrazine groups is 1. The zero-order valence-corrected chi connectivity index (χ0v) is 12.0. The summed E-state index contributed by atoms with van der Waals surface area (Å²) in [6, 6.07) is 10.8. The van der Waals surface area contributed by atoms with Crippen molar-refractivity contribution in [1.29, 1.82) is 0 Å². The highest BCUT2D eigenvalue weighted by molar-refractivity contribution is 6.16. The van der Waals surface area contributed by atoms with Gasteiger partial charge in [0, 0.05) is 23.1 Å². The molecule has 23 heavy (non-hydrogen) atoms. The van der Waals surface area contributed by atoms with E-state index in [2.05, 4.69) is 10.9 Å². The summed E-state index contributed by atoms with van der Waals surface area (Å²) in [5, 5.41) is 0. The first-order chi connectivity index (χ1) is 11.1. The Kier molecular flexibility index (Phi) is 3.99. The molecule has 0 bridgehead atoms. The molecule has 116 valence electrons. The fourth-order valence-corrected chi connectivity index (χ4v) is 2.46. The molecule has 2 N–H and O–H groups in total. The first-order valence-corrected chi connectivity index (χ1v) is 7.04. The largest absolute Gasteiger partial charge is 0.294 e. The molecular formula is C17H13FN2O3. The smallest absolute Gasteiger partial charge is 0.265 e. The van der Waals surface area contributed by atoms with Crippen LogP contribution in [0, 0.1) is 5.82 Å². The van der Waals surface area contributed by atoms with Crippen molar-refractivity contribution < 1.29 is 18.8 Å². The number of amides is 1. The lowest BCUT2D eigenvalue weighted by Gasteiger charge is -2.23. The molecule has 1 atom stereocenters. The van der Waals surface area contributed by atoms with Crippen molar-refractivity contribution in [3.8, 4) is 0 Å². The molecule has 0 saturated carbocycles. The molecule has 0 aliphatic heterocycles. The standard InChI is InChI=1S/C17H13FN2O3/c18-11-7-5-10(6-8-11)17(23)20-19-14-9-15(21)12-3-1-2-4-13(12)16(14)22/h1-8,14,19H,9H2,(H,20,23). The Balaban J connectivity index is 1.70. The minimum Gasteiger partial charge on any atom is -0.294 e. The first kappa shape index (κ1) is 15.1. The Labute approximate surface area is 131 Å². The van der Waals surface area contributed by atoms with Crippen LogP contribution in [0.1, 0.15) is 37.5 Å². The molecule has 6 heteroatoms. The quantitative estimate of drug-likeness (QED) is 0.849. The van der Waals surface area contributed by atoms with E-state index in [4.69, 9.17) is 0 Å². The van der Waals surface area contributed by atoms with Crippen LogP contribution in [0.5, 0.6) is 0 Å². The Morgan fingerprint density at radius 1 is 1.00 bits per heavy atom. The van der Waals surface area contributed by atoms with Crippen LogP contribution in [0.25, 0.3) is 0 Å². The minimum atomic E-state index is -0.818. The summed E-state index contributed by atoms with van der Waals surface area (Å²) in [5.74, 6) is -1.36. The van der Waals surface area contributed by atoms with Gasteiger partial charge in [0.1, 0.15) is 5.82 Å². The fraction of sp³-hybridized carbons (Fsp3) is 0.118. The molecule has 0 fully saturated rings. The number of benzene rings is 2. The van der Waals surface area contributed by atoms with E-state index in [0.29, 0.717) is 11.1 Å². The Morgan fingerprint density at radius 2 is 1.65 bits per heavy atom. The molecule has 1 aliphatic rings. The van der Waals surface area contributed by atoms with Gasteiger partial charge in [-0.2, -0.15) is 0 Å². The van der Waals surface area contributed by atoms with Crippen LogP contribution >= 0.6 is 0 Å². The van der Waals surface area contributed by atoms with Crippen molar-refractivity contribution in [3.63, 3.8) is 0 Å². The number of rotatable bonds is 3. The van der Waals surface area contributed by atoms with Gasteiger partial charge < -0.3 is 0 Å². The van der Waals surface area contributed by atoms with Gasteiger partial charge in [0.25, 0.3) is 5.91 Å². The number of Topliss-reactive ketones (excluding diaryl/α,β-unsaturated/α-hetero) is 2.